The fourth-order valence-electron chi connectivity index (χ4n) is 0.842. The molecule has 2 atom stereocenters. The molecule has 1 rings (SSSR count). The molecule has 1 nitrogen and oxygen atoms in total. The summed E-state index contributed by atoms with van der Waals surface area (Å²) in [5.74, 6) is -6.31. The molecule has 66 valence electrons. The van der Waals surface area contributed by atoms with Gasteiger partial charge in [0.1, 0.15) is 0 Å². The minimum atomic E-state index is -5.45. The molecule has 0 aromatic carbocycles. The lowest BCUT2D eigenvalue weighted by atomic mass is 10.2. The van der Waals surface area contributed by atoms with Crippen LogP contribution in [0.3, 0.4) is 0 Å². The van der Waals surface area contributed by atoms with E-state index in [2.05, 4.69) is 0 Å². The summed E-state index contributed by atoms with van der Waals surface area (Å²) >= 11 is 0. The van der Waals surface area contributed by atoms with Crippen molar-refractivity contribution < 1.29 is 22.0 Å². The monoisotopic (exact) mass is 175 g/mol. The standard InChI is InChI=1S/C5H6F5N/c6-4(7,5(8,9)10)2-1-3(2)11/h2-3H,1,11H2/t2-,3-/m1/s1. The lowest BCUT2D eigenvalue weighted by molar-refractivity contribution is -0.291. The van der Waals surface area contributed by atoms with Gasteiger partial charge >= 0.3 is 12.1 Å². The first kappa shape index (κ1) is 8.70. The summed E-state index contributed by atoms with van der Waals surface area (Å²) in [5, 5.41) is 0. The molecule has 0 radical (unpaired) electrons. The minimum absolute atomic E-state index is 0.244. The largest absolute Gasteiger partial charge is 0.453 e. The molecule has 0 bridgehead atoms. The third kappa shape index (κ3) is 1.31. The molecule has 1 saturated carbocycles. The van der Waals surface area contributed by atoms with Crippen molar-refractivity contribution in [3.8, 4) is 0 Å². The van der Waals surface area contributed by atoms with E-state index in [1.165, 1.54) is 0 Å². The van der Waals surface area contributed by atoms with Crippen LogP contribution in [0.2, 0.25) is 0 Å². The van der Waals surface area contributed by atoms with Gasteiger partial charge in [-0.2, -0.15) is 22.0 Å². The number of nitrogens with two attached hydrogens (primary N) is 1. The van der Waals surface area contributed by atoms with Crippen molar-refractivity contribution >= 4 is 0 Å². The Morgan fingerprint density at radius 2 is 1.45 bits per heavy atom. The van der Waals surface area contributed by atoms with Crippen molar-refractivity contribution in [2.45, 2.75) is 24.6 Å². The second-order valence-electron chi connectivity index (χ2n) is 2.63. The fraction of sp³-hybridized carbons (Fsp3) is 1.00. The molecular formula is C5H6F5N. The molecule has 0 saturated heterocycles. The van der Waals surface area contributed by atoms with Crippen LogP contribution in [0.15, 0.2) is 0 Å². The number of alkyl halides is 5. The van der Waals surface area contributed by atoms with Gasteiger partial charge in [-0.1, -0.05) is 0 Å². The molecule has 1 fully saturated rings. The maximum atomic E-state index is 12.2. The van der Waals surface area contributed by atoms with E-state index in [0.29, 0.717) is 0 Å². The van der Waals surface area contributed by atoms with Crippen molar-refractivity contribution in [3.05, 3.63) is 0 Å². The highest BCUT2D eigenvalue weighted by Gasteiger charge is 2.68. The fourth-order valence-corrected chi connectivity index (χ4v) is 0.842. The average Bonchev–Trinajstić information content (AvgIpc) is 2.43. The number of rotatable bonds is 1. The Labute approximate surface area is 59.4 Å². The van der Waals surface area contributed by atoms with E-state index in [1.807, 2.05) is 0 Å². The Morgan fingerprint density at radius 1 is 1.09 bits per heavy atom. The van der Waals surface area contributed by atoms with Crippen LogP contribution in [0.5, 0.6) is 0 Å². The first-order chi connectivity index (χ1) is 4.77. The summed E-state index contributed by atoms with van der Waals surface area (Å²) in [6, 6.07) is -0.994. The average molecular weight is 175 g/mol. The van der Waals surface area contributed by atoms with Gasteiger partial charge in [0, 0.05) is 12.0 Å². The van der Waals surface area contributed by atoms with Crippen molar-refractivity contribution in [2.24, 2.45) is 11.7 Å². The quantitative estimate of drug-likeness (QED) is 0.601. The van der Waals surface area contributed by atoms with E-state index in [4.69, 9.17) is 5.73 Å². The second kappa shape index (κ2) is 2.06. The SMILES string of the molecule is N[C@@H]1C[C@H]1C(F)(F)C(F)(F)F. The lowest BCUT2D eigenvalue weighted by Crippen LogP contribution is -2.40. The van der Waals surface area contributed by atoms with Crippen molar-refractivity contribution in [1.82, 2.24) is 0 Å². The molecule has 0 unspecified atom stereocenters. The predicted octanol–water partition coefficient (Wildman–Crippen LogP) is 1.53. The van der Waals surface area contributed by atoms with Crippen molar-refractivity contribution in [2.75, 3.05) is 0 Å². The highest BCUT2D eigenvalue weighted by atomic mass is 19.4. The topological polar surface area (TPSA) is 26.0 Å². The van der Waals surface area contributed by atoms with Gasteiger partial charge in [0.25, 0.3) is 0 Å². The Hall–Kier alpha value is -0.390. The summed E-state index contributed by atoms with van der Waals surface area (Å²) in [4.78, 5) is 0. The molecule has 0 aliphatic heterocycles. The third-order valence-corrected chi connectivity index (χ3v) is 1.68. The first-order valence-electron chi connectivity index (χ1n) is 2.97. The Balaban J connectivity index is 2.67. The Morgan fingerprint density at radius 3 is 1.55 bits per heavy atom. The van der Waals surface area contributed by atoms with Crippen LogP contribution in [-0.2, 0) is 0 Å². The molecule has 1 aliphatic carbocycles. The summed E-state index contributed by atoms with van der Waals surface area (Å²) in [7, 11) is 0. The van der Waals surface area contributed by atoms with Crippen LogP contribution < -0.4 is 5.73 Å². The molecule has 2 N–H and O–H groups in total. The van der Waals surface area contributed by atoms with Gasteiger partial charge in [-0.05, 0) is 6.42 Å². The summed E-state index contributed by atoms with van der Waals surface area (Å²) < 4.78 is 58.8. The summed E-state index contributed by atoms with van der Waals surface area (Å²) in [6.45, 7) is 0. The van der Waals surface area contributed by atoms with Gasteiger partial charge < -0.3 is 5.73 Å². The first-order valence-corrected chi connectivity index (χ1v) is 2.97. The van der Waals surface area contributed by atoms with E-state index in [1.54, 1.807) is 0 Å². The molecule has 0 aromatic rings. The zero-order chi connectivity index (χ0) is 8.86. The predicted molar refractivity (Wildman–Crippen MR) is 27.1 cm³/mol. The van der Waals surface area contributed by atoms with Crippen LogP contribution in [0.25, 0.3) is 0 Å². The van der Waals surface area contributed by atoms with Crippen molar-refractivity contribution in [1.29, 1.82) is 0 Å². The van der Waals surface area contributed by atoms with E-state index < -0.39 is 24.1 Å². The van der Waals surface area contributed by atoms with Gasteiger partial charge in [-0.3, -0.25) is 0 Å². The smallest absolute Gasteiger partial charge is 0.327 e. The number of hydrogen-bond acceptors (Lipinski definition) is 1. The van der Waals surface area contributed by atoms with Gasteiger partial charge in [-0.25, -0.2) is 0 Å². The Kier molecular flexibility index (Phi) is 1.63. The van der Waals surface area contributed by atoms with Gasteiger partial charge in [0.2, 0.25) is 0 Å². The zero-order valence-corrected chi connectivity index (χ0v) is 5.33. The minimum Gasteiger partial charge on any atom is -0.327 e. The maximum Gasteiger partial charge on any atom is 0.453 e. The van der Waals surface area contributed by atoms with Gasteiger partial charge in [-0.15, -0.1) is 0 Å². The van der Waals surface area contributed by atoms with Crippen molar-refractivity contribution in [3.63, 3.8) is 0 Å². The summed E-state index contributed by atoms with van der Waals surface area (Å²) in [5.41, 5.74) is 4.87. The zero-order valence-electron chi connectivity index (χ0n) is 5.33. The van der Waals surface area contributed by atoms with Crippen LogP contribution in [0, 0.1) is 5.92 Å². The van der Waals surface area contributed by atoms with E-state index in [-0.39, 0.29) is 6.42 Å². The van der Waals surface area contributed by atoms with Crippen LogP contribution in [0.1, 0.15) is 6.42 Å². The molecule has 6 heteroatoms. The second-order valence-corrected chi connectivity index (χ2v) is 2.63. The van der Waals surface area contributed by atoms with Crippen LogP contribution >= 0.6 is 0 Å². The molecule has 0 amide bonds. The third-order valence-electron chi connectivity index (χ3n) is 1.68. The molecule has 1 aliphatic rings. The van der Waals surface area contributed by atoms with Crippen LogP contribution in [0.4, 0.5) is 22.0 Å². The van der Waals surface area contributed by atoms with Gasteiger partial charge in [0.15, 0.2) is 0 Å². The maximum absolute atomic E-state index is 12.2. The van der Waals surface area contributed by atoms with E-state index >= 15 is 0 Å². The molecule has 11 heavy (non-hydrogen) atoms. The number of halogens is 5. The molecule has 0 aromatic heterocycles. The Bertz CT molecular complexity index is 163. The molecule has 0 heterocycles. The van der Waals surface area contributed by atoms with Gasteiger partial charge in [0.05, 0.1) is 0 Å². The highest BCUT2D eigenvalue weighted by molar-refractivity contribution is 5.02. The molecular weight excluding hydrogens is 169 g/mol. The number of hydrogen-bond donors (Lipinski definition) is 1. The van der Waals surface area contributed by atoms with Crippen LogP contribution in [-0.4, -0.2) is 18.1 Å². The van der Waals surface area contributed by atoms with E-state index in [0.717, 1.165) is 0 Å². The highest BCUT2D eigenvalue weighted by Crippen LogP contribution is 2.50. The molecule has 0 spiro atoms. The summed E-state index contributed by atoms with van der Waals surface area (Å²) in [6.07, 6.45) is -5.70. The van der Waals surface area contributed by atoms with E-state index in [9.17, 15) is 22.0 Å². The normalized spacial score (nSPS) is 32.2. The lowest BCUT2D eigenvalue weighted by Gasteiger charge is -2.18.